The van der Waals surface area contributed by atoms with Crippen LogP contribution in [0.3, 0.4) is 0 Å². The van der Waals surface area contributed by atoms with Crippen molar-refractivity contribution in [2.24, 2.45) is 5.73 Å². The second-order valence-electron chi connectivity index (χ2n) is 3.19. The number of rotatable bonds is 5. The minimum Gasteiger partial charge on any atom is -0.329 e. The van der Waals surface area contributed by atoms with E-state index in [-0.39, 0.29) is 19.0 Å². The summed E-state index contributed by atoms with van der Waals surface area (Å²) in [5.41, 5.74) is 6.25. The fraction of sp³-hybridized carbons (Fsp3) is 0.400. The Hall–Kier alpha value is -0.620. The van der Waals surface area contributed by atoms with Crippen LogP contribution in [0.25, 0.3) is 0 Å². The van der Waals surface area contributed by atoms with Gasteiger partial charge in [0.1, 0.15) is 0 Å². The van der Waals surface area contributed by atoms with E-state index in [4.69, 9.17) is 5.73 Å². The molecular formula is C10H17ClN2O2S. The first kappa shape index (κ1) is 15.4. The van der Waals surface area contributed by atoms with Crippen molar-refractivity contribution in [3.05, 3.63) is 29.8 Å². The number of nitrogens with two attached hydrogens (primary N) is 1. The van der Waals surface area contributed by atoms with Gasteiger partial charge in [-0.15, -0.1) is 12.4 Å². The molecule has 0 saturated heterocycles. The maximum absolute atomic E-state index is 11.7. The molecule has 0 fully saturated rings. The molecule has 0 saturated carbocycles. The van der Waals surface area contributed by atoms with Crippen LogP contribution in [0.1, 0.15) is 12.5 Å². The first-order valence-corrected chi connectivity index (χ1v) is 6.37. The van der Waals surface area contributed by atoms with Gasteiger partial charge in [-0.3, -0.25) is 0 Å². The van der Waals surface area contributed by atoms with Crippen LogP contribution in [0.15, 0.2) is 29.2 Å². The van der Waals surface area contributed by atoms with Crippen LogP contribution in [0, 0.1) is 0 Å². The molecule has 0 atom stereocenters. The summed E-state index contributed by atoms with van der Waals surface area (Å²) in [6, 6.07) is 6.91. The Labute approximate surface area is 103 Å². The minimum absolute atomic E-state index is 0. The Morgan fingerprint density at radius 1 is 1.38 bits per heavy atom. The summed E-state index contributed by atoms with van der Waals surface area (Å²) in [4.78, 5) is 0.301. The smallest absolute Gasteiger partial charge is 0.240 e. The number of benzene rings is 1. The van der Waals surface area contributed by atoms with Gasteiger partial charge in [0.05, 0.1) is 4.90 Å². The lowest BCUT2D eigenvalue weighted by Crippen LogP contribution is -2.29. The summed E-state index contributed by atoms with van der Waals surface area (Å²) >= 11 is 0. The van der Waals surface area contributed by atoms with Crippen LogP contribution in [-0.2, 0) is 16.4 Å². The average Bonchev–Trinajstić information content (AvgIpc) is 2.26. The van der Waals surface area contributed by atoms with E-state index in [2.05, 4.69) is 4.72 Å². The highest BCUT2D eigenvalue weighted by molar-refractivity contribution is 7.89. The Kier molecular flexibility index (Phi) is 6.59. The van der Waals surface area contributed by atoms with Gasteiger partial charge in [0, 0.05) is 13.1 Å². The van der Waals surface area contributed by atoms with Gasteiger partial charge in [-0.2, -0.15) is 0 Å². The third kappa shape index (κ3) is 4.09. The molecule has 92 valence electrons. The molecule has 0 bridgehead atoms. The zero-order valence-electron chi connectivity index (χ0n) is 9.14. The van der Waals surface area contributed by atoms with E-state index < -0.39 is 10.0 Å². The highest BCUT2D eigenvalue weighted by Gasteiger charge is 2.12. The van der Waals surface area contributed by atoms with E-state index >= 15 is 0 Å². The molecule has 0 radical (unpaired) electrons. The molecule has 0 aromatic heterocycles. The van der Waals surface area contributed by atoms with Crippen molar-refractivity contribution in [3.8, 4) is 0 Å². The third-order valence-corrected chi connectivity index (χ3v) is 3.51. The summed E-state index contributed by atoms with van der Waals surface area (Å²) < 4.78 is 25.8. The molecule has 16 heavy (non-hydrogen) atoms. The van der Waals surface area contributed by atoms with Gasteiger partial charge in [0.15, 0.2) is 0 Å². The molecule has 4 nitrogen and oxygen atoms in total. The normalized spacial score (nSPS) is 10.9. The van der Waals surface area contributed by atoms with Gasteiger partial charge in [-0.25, -0.2) is 13.1 Å². The van der Waals surface area contributed by atoms with Gasteiger partial charge in [0.25, 0.3) is 0 Å². The number of nitrogens with one attached hydrogen (secondary N) is 1. The van der Waals surface area contributed by atoms with Crippen molar-refractivity contribution < 1.29 is 8.42 Å². The van der Waals surface area contributed by atoms with Gasteiger partial charge in [-0.05, 0) is 24.1 Å². The van der Waals surface area contributed by atoms with E-state index in [9.17, 15) is 8.42 Å². The highest BCUT2D eigenvalue weighted by Crippen LogP contribution is 2.11. The lowest BCUT2D eigenvalue weighted by molar-refractivity contribution is 0.582. The van der Waals surface area contributed by atoms with Crippen molar-refractivity contribution in [1.29, 1.82) is 0 Å². The van der Waals surface area contributed by atoms with Crippen molar-refractivity contribution in [1.82, 2.24) is 4.72 Å². The third-order valence-electron chi connectivity index (χ3n) is 2.05. The van der Waals surface area contributed by atoms with E-state index in [1.54, 1.807) is 18.2 Å². The molecule has 0 spiro atoms. The SMILES string of the molecule is CCc1cccc(S(=O)(=O)NCCN)c1.Cl. The molecule has 0 heterocycles. The Bertz CT molecular complexity index is 421. The highest BCUT2D eigenvalue weighted by atomic mass is 35.5. The molecule has 6 heteroatoms. The lowest BCUT2D eigenvalue weighted by atomic mass is 10.2. The van der Waals surface area contributed by atoms with Gasteiger partial charge in [0.2, 0.25) is 10.0 Å². The van der Waals surface area contributed by atoms with Crippen LogP contribution in [0.2, 0.25) is 0 Å². The summed E-state index contributed by atoms with van der Waals surface area (Å²) in [6.45, 7) is 2.55. The van der Waals surface area contributed by atoms with Gasteiger partial charge in [-0.1, -0.05) is 19.1 Å². The van der Waals surface area contributed by atoms with Crippen LogP contribution in [-0.4, -0.2) is 21.5 Å². The number of hydrogen-bond acceptors (Lipinski definition) is 3. The monoisotopic (exact) mass is 264 g/mol. The first-order valence-electron chi connectivity index (χ1n) is 4.89. The fourth-order valence-electron chi connectivity index (χ4n) is 1.21. The zero-order chi connectivity index (χ0) is 11.3. The molecular weight excluding hydrogens is 248 g/mol. The number of aryl methyl sites for hydroxylation is 1. The predicted molar refractivity (Wildman–Crippen MR) is 67.3 cm³/mol. The Morgan fingerprint density at radius 2 is 2.06 bits per heavy atom. The van der Waals surface area contributed by atoms with Crippen LogP contribution in [0.4, 0.5) is 0 Å². The first-order chi connectivity index (χ1) is 7.10. The molecule has 1 aromatic rings. The van der Waals surface area contributed by atoms with Crippen LogP contribution >= 0.6 is 12.4 Å². The summed E-state index contributed by atoms with van der Waals surface area (Å²) in [5, 5.41) is 0. The number of halogens is 1. The standard InChI is InChI=1S/C10H16N2O2S.ClH/c1-2-9-4-3-5-10(8-9)15(13,14)12-7-6-11;/h3-5,8,12H,2,6-7,11H2,1H3;1H. The molecule has 0 aliphatic heterocycles. The molecule has 0 aliphatic rings. The second-order valence-corrected chi connectivity index (χ2v) is 4.95. The molecule has 1 rings (SSSR count). The molecule has 0 unspecified atom stereocenters. The molecule has 1 aromatic carbocycles. The number of sulfonamides is 1. The van der Waals surface area contributed by atoms with Gasteiger partial charge < -0.3 is 5.73 Å². The summed E-state index contributed by atoms with van der Waals surface area (Å²) in [5.74, 6) is 0. The summed E-state index contributed by atoms with van der Waals surface area (Å²) in [6.07, 6.45) is 0.820. The molecule has 3 N–H and O–H groups in total. The van der Waals surface area contributed by atoms with Crippen LogP contribution in [0.5, 0.6) is 0 Å². The minimum atomic E-state index is -3.39. The second kappa shape index (κ2) is 6.85. The Balaban J connectivity index is 0.00000225. The maximum Gasteiger partial charge on any atom is 0.240 e. The fourth-order valence-corrected chi connectivity index (χ4v) is 2.33. The quantitative estimate of drug-likeness (QED) is 0.830. The number of hydrogen-bond donors (Lipinski definition) is 2. The van der Waals surface area contributed by atoms with Crippen LogP contribution < -0.4 is 10.5 Å². The maximum atomic E-state index is 11.7. The molecule has 0 amide bonds. The zero-order valence-corrected chi connectivity index (χ0v) is 10.8. The van der Waals surface area contributed by atoms with E-state index in [0.29, 0.717) is 11.4 Å². The summed E-state index contributed by atoms with van der Waals surface area (Å²) in [7, 11) is -3.39. The van der Waals surface area contributed by atoms with Crippen molar-refractivity contribution in [2.45, 2.75) is 18.2 Å². The van der Waals surface area contributed by atoms with Gasteiger partial charge >= 0.3 is 0 Å². The van der Waals surface area contributed by atoms with Crippen molar-refractivity contribution in [2.75, 3.05) is 13.1 Å². The average molecular weight is 265 g/mol. The molecule has 0 aliphatic carbocycles. The predicted octanol–water partition coefficient (Wildman–Crippen LogP) is 0.908. The van der Waals surface area contributed by atoms with Crippen molar-refractivity contribution in [3.63, 3.8) is 0 Å². The van der Waals surface area contributed by atoms with E-state index in [1.807, 2.05) is 13.0 Å². The Morgan fingerprint density at radius 3 is 2.62 bits per heavy atom. The largest absolute Gasteiger partial charge is 0.329 e. The van der Waals surface area contributed by atoms with E-state index in [1.165, 1.54) is 0 Å². The lowest BCUT2D eigenvalue weighted by Gasteiger charge is -2.06. The van der Waals surface area contributed by atoms with E-state index in [0.717, 1.165) is 12.0 Å². The topological polar surface area (TPSA) is 72.2 Å². The van der Waals surface area contributed by atoms with Crippen molar-refractivity contribution >= 4 is 22.4 Å².